The normalized spacial score (nSPS) is 20.4. The number of anilines is 1. The van der Waals surface area contributed by atoms with Gasteiger partial charge in [0.15, 0.2) is 5.78 Å². The molecule has 28 heavy (non-hydrogen) atoms. The Labute approximate surface area is 170 Å². The van der Waals surface area contributed by atoms with Gasteiger partial charge in [0.05, 0.1) is 4.92 Å². The van der Waals surface area contributed by atoms with Crippen molar-refractivity contribution in [2.75, 3.05) is 11.6 Å². The molecule has 0 fully saturated rings. The third kappa shape index (κ3) is 3.08. The fourth-order valence-electron chi connectivity index (χ4n) is 3.82. The Kier molecular flexibility index (Phi) is 4.46. The van der Waals surface area contributed by atoms with Crippen molar-refractivity contribution in [3.63, 3.8) is 0 Å². The summed E-state index contributed by atoms with van der Waals surface area (Å²) in [6.07, 6.45) is 2.91. The van der Waals surface area contributed by atoms with E-state index < -0.39 is 11.0 Å². The van der Waals surface area contributed by atoms with Gasteiger partial charge in [-0.05, 0) is 24.2 Å². The maximum Gasteiger partial charge on any atom is 0.269 e. The van der Waals surface area contributed by atoms with Crippen LogP contribution in [0.2, 0.25) is 5.02 Å². The number of allylic oxidation sites excluding steroid dienone is 2. The van der Waals surface area contributed by atoms with Gasteiger partial charge in [-0.2, -0.15) is 4.98 Å². The highest BCUT2D eigenvalue weighted by atomic mass is 35.5. The zero-order chi connectivity index (χ0) is 20.2. The van der Waals surface area contributed by atoms with Crippen molar-refractivity contribution < 1.29 is 9.72 Å². The van der Waals surface area contributed by atoms with Crippen molar-refractivity contribution in [2.24, 2.45) is 5.41 Å². The van der Waals surface area contributed by atoms with E-state index in [1.165, 1.54) is 30.0 Å². The molecule has 2 aliphatic rings. The molecule has 1 aliphatic heterocycles. The third-order valence-corrected chi connectivity index (χ3v) is 5.86. The number of carbonyl (C=O) groups is 1. The van der Waals surface area contributed by atoms with E-state index in [0.717, 1.165) is 5.70 Å². The molecule has 1 N–H and O–H groups in total. The van der Waals surface area contributed by atoms with Crippen LogP contribution in [0.4, 0.5) is 11.6 Å². The lowest BCUT2D eigenvalue weighted by atomic mass is 9.73. The van der Waals surface area contributed by atoms with E-state index in [4.69, 9.17) is 11.6 Å². The van der Waals surface area contributed by atoms with Crippen molar-refractivity contribution in [3.8, 4) is 0 Å². The molecule has 0 spiro atoms. The molecule has 0 bridgehead atoms. The smallest absolute Gasteiger partial charge is 0.269 e. The number of Topliss-reactive ketones (excluding diaryl/α,β-unsaturated/α-hetero) is 1. The molecule has 0 saturated heterocycles. The van der Waals surface area contributed by atoms with Gasteiger partial charge in [-0.15, -0.1) is 5.10 Å². The molecule has 2 heterocycles. The summed E-state index contributed by atoms with van der Waals surface area (Å²) in [7, 11) is 0. The van der Waals surface area contributed by atoms with Crippen LogP contribution in [0.25, 0.3) is 0 Å². The Bertz CT molecular complexity index is 1050. The van der Waals surface area contributed by atoms with Gasteiger partial charge in [-0.3, -0.25) is 14.9 Å². The number of ketones is 1. The molecule has 1 aliphatic carbocycles. The maximum atomic E-state index is 13.1. The summed E-state index contributed by atoms with van der Waals surface area (Å²) < 4.78 is 1.60. The first kappa shape index (κ1) is 18.9. The molecule has 1 aromatic carbocycles. The van der Waals surface area contributed by atoms with E-state index in [1.54, 1.807) is 4.68 Å². The maximum absolute atomic E-state index is 13.1. The molecule has 0 amide bonds. The third-order valence-electron chi connectivity index (χ3n) is 4.98. The standard InChI is InChI=1S/C18H18ClN5O3S/c1-18(2)7-12-14(13(25)8-18)15(23-16(20-12)21-17(22-23)28-3)10-6-9(24(26)27)4-5-11(10)19/h4-6,15H,7-8H2,1-3H3,(H,20,21,22)/t15-/m0/s1. The highest BCUT2D eigenvalue weighted by molar-refractivity contribution is 7.98. The van der Waals surface area contributed by atoms with Gasteiger partial charge >= 0.3 is 0 Å². The zero-order valence-electron chi connectivity index (χ0n) is 15.5. The number of hydrogen-bond donors (Lipinski definition) is 1. The van der Waals surface area contributed by atoms with Crippen molar-refractivity contribution >= 4 is 40.8 Å². The number of aromatic nitrogens is 3. The number of nitro groups is 1. The number of nitro benzene ring substituents is 1. The van der Waals surface area contributed by atoms with Crippen molar-refractivity contribution in [3.05, 3.63) is 50.2 Å². The van der Waals surface area contributed by atoms with Gasteiger partial charge in [-0.1, -0.05) is 37.2 Å². The van der Waals surface area contributed by atoms with Crippen LogP contribution in [-0.4, -0.2) is 31.7 Å². The highest BCUT2D eigenvalue weighted by Gasteiger charge is 2.42. The topological polar surface area (TPSA) is 103 Å². The first-order valence-corrected chi connectivity index (χ1v) is 10.3. The molecule has 146 valence electrons. The number of hydrogen-bond acceptors (Lipinski definition) is 7. The van der Waals surface area contributed by atoms with E-state index in [0.29, 0.717) is 40.1 Å². The number of fused-ring (bicyclic) bond motifs is 1. The van der Waals surface area contributed by atoms with E-state index >= 15 is 0 Å². The minimum atomic E-state index is -0.657. The number of non-ortho nitro benzene ring substituents is 1. The molecular formula is C18H18ClN5O3S. The summed E-state index contributed by atoms with van der Waals surface area (Å²) in [5.74, 6) is 0.486. The van der Waals surface area contributed by atoms with Crippen molar-refractivity contribution in [2.45, 2.75) is 37.9 Å². The van der Waals surface area contributed by atoms with Crippen LogP contribution in [0, 0.1) is 15.5 Å². The largest absolute Gasteiger partial charge is 0.328 e. The molecule has 8 nitrogen and oxygen atoms in total. The number of nitrogens with zero attached hydrogens (tertiary/aromatic N) is 4. The Hall–Kier alpha value is -2.39. The van der Waals surface area contributed by atoms with E-state index in [1.807, 2.05) is 20.1 Å². The number of rotatable bonds is 3. The first-order chi connectivity index (χ1) is 13.2. The summed E-state index contributed by atoms with van der Waals surface area (Å²) >= 11 is 7.81. The minimum absolute atomic E-state index is 0.0156. The van der Waals surface area contributed by atoms with E-state index in [9.17, 15) is 14.9 Å². The summed E-state index contributed by atoms with van der Waals surface area (Å²) in [4.78, 5) is 28.4. The van der Waals surface area contributed by atoms with Gasteiger partial charge in [0, 0.05) is 40.4 Å². The van der Waals surface area contributed by atoms with Gasteiger partial charge in [0.1, 0.15) is 6.04 Å². The van der Waals surface area contributed by atoms with E-state index in [-0.39, 0.29) is 16.9 Å². The second-order valence-corrected chi connectivity index (χ2v) is 8.87. The number of benzene rings is 1. The fourth-order valence-corrected chi connectivity index (χ4v) is 4.39. The lowest BCUT2D eigenvalue weighted by Gasteiger charge is -2.38. The molecule has 0 unspecified atom stereocenters. The summed E-state index contributed by atoms with van der Waals surface area (Å²) in [5.41, 5.74) is 1.52. The van der Waals surface area contributed by atoms with Crippen LogP contribution in [0.15, 0.2) is 34.6 Å². The van der Waals surface area contributed by atoms with Crippen molar-refractivity contribution in [1.82, 2.24) is 14.8 Å². The van der Waals surface area contributed by atoms with Gasteiger partial charge in [0.2, 0.25) is 11.1 Å². The summed E-state index contributed by atoms with van der Waals surface area (Å²) in [5, 5.41) is 19.9. The fraction of sp³-hybridized carbons (Fsp3) is 0.389. The number of carbonyl (C=O) groups excluding carboxylic acids is 1. The summed E-state index contributed by atoms with van der Waals surface area (Å²) in [6, 6.07) is 3.60. The first-order valence-electron chi connectivity index (χ1n) is 8.68. The average Bonchev–Trinajstić information content (AvgIpc) is 3.02. The Balaban J connectivity index is 1.96. The van der Waals surface area contributed by atoms with Crippen LogP contribution in [0.5, 0.6) is 0 Å². The highest BCUT2D eigenvalue weighted by Crippen LogP contribution is 2.47. The van der Waals surface area contributed by atoms with Gasteiger partial charge in [-0.25, -0.2) is 4.68 Å². The lowest BCUT2D eigenvalue weighted by molar-refractivity contribution is -0.384. The van der Waals surface area contributed by atoms with Crippen LogP contribution in [0.3, 0.4) is 0 Å². The lowest BCUT2D eigenvalue weighted by Crippen LogP contribution is -2.36. The molecule has 1 atom stereocenters. The van der Waals surface area contributed by atoms with Crippen LogP contribution >= 0.6 is 23.4 Å². The predicted octanol–water partition coefficient (Wildman–Crippen LogP) is 4.22. The number of nitrogens with one attached hydrogen (secondary N) is 1. The van der Waals surface area contributed by atoms with Crippen LogP contribution in [0.1, 0.15) is 38.3 Å². The average molecular weight is 420 g/mol. The molecular weight excluding hydrogens is 402 g/mol. The van der Waals surface area contributed by atoms with Gasteiger partial charge < -0.3 is 5.32 Å². The Morgan fingerprint density at radius 2 is 2.14 bits per heavy atom. The molecule has 10 heteroatoms. The van der Waals surface area contributed by atoms with Crippen LogP contribution in [-0.2, 0) is 4.79 Å². The van der Waals surface area contributed by atoms with Crippen LogP contribution < -0.4 is 5.32 Å². The number of halogens is 1. The second-order valence-electron chi connectivity index (χ2n) is 7.69. The minimum Gasteiger partial charge on any atom is -0.328 e. The SMILES string of the molecule is CSc1nc2n(n1)[C@@H](c1cc([N+](=O)[O-])ccc1Cl)C1=C(CC(C)(C)CC1=O)N2. The van der Waals surface area contributed by atoms with Crippen molar-refractivity contribution in [1.29, 1.82) is 0 Å². The summed E-state index contributed by atoms with van der Waals surface area (Å²) in [6.45, 7) is 4.08. The monoisotopic (exact) mass is 419 g/mol. The molecule has 4 rings (SSSR count). The molecule has 0 radical (unpaired) electrons. The van der Waals surface area contributed by atoms with Gasteiger partial charge in [0.25, 0.3) is 5.69 Å². The zero-order valence-corrected chi connectivity index (χ0v) is 17.1. The number of thioether (sulfide) groups is 1. The Morgan fingerprint density at radius 3 is 2.82 bits per heavy atom. The quantitative estimate of drug-likeness (QED) is 0.451. The van der Waals surface area contributed by atoms with E-state index in [2.05, 4.69) is 15.4 Å². The Morgan fingerprint density at radius 1 is 1.39 bits per heavy atom. The second kappa shape index (κ2) is 6.59. The molecule has 0 saturated carbocycles. The molecule has 2 aromatic rings. The predicted molar refractivity (Wildman–Crippen MR) is 107 cm³/mol. The molecule has 1 aromatic heterocycles.